The van der Waals surface area contributed by atoms with Crippen LogP contribution < -0.4 is 5.73 Å². The van der Waals surface area contributed by atoms with Crippen molar-refractivity contribution in [2.24, 2.45) is 5.92 Å². The standard InChI is InChI=1S/C15H25N3/c1-17(2)10-14-6-4-8-18(12-14)11-13-5-3-7-15(16)9-13/h3,5,7,9,14H,4,6,8,10-12,16H2,1-2H3. The highest BCUT2D eigenvalue weighted by atomic mass is 15.1. The number of hydrogen-bond donors (Lipinski definition) is 1. The zero-order chi connectivity index (χ0) is 13.0. The van der Waals surface area contributed by atoms with E-state index in [9.17, 15) is 0 Å². The van der Waals surface area contributed by atoms with Gasteiger partial charge in [-0.3, -0.25) is 4.90 Å². The number of hydrogen-bond acceptors (Lipinski definition) is 3. The van der Waals surface area contributed by atoms with Gasteiger partial charge in [-0.25, -0.2) is 0 Å². The lowest BCUT2D eigenvalue weighted by molar-refractivity contribution is 0.145. The Kier molecular flexibility index (Phi) is 4.61. The van der Waals surface area contributed by atoms with Gasteiger partial charge >= 0.3 is 0 Å². The van der Waals surface area contributed by atoms with Crippen molar-refractivity contribution in [2.75, 3.05) is 39.5 Å². The number of piperidine rings is 1. The third kappa shape index (κ3) is 4.00. The van der Waals surface area contributed by atoms with Gasteiger partial charge in [0.25, 0.3) is 0 Å². The Hall–Kier alpha value is -1.06. The van der Waals surface area contributed by atoms with Crippen molar-refractivity contribution in [3.8, 4) is 0 Å². The Morgan fingerprint density at radius 1 is 1.39 bits per heavy atom. The summed E-state index contributed by atoms with van der Waals surface area (Å²) in [5.41, 5.74) is 8.04. The molecule has 2 N–H and O–H groups in total. The van der Waals surface area contributed by atoms with Gasteiger partial charge in [0.15, 0.2) is 0 Å². The largest absolute Gasteiger partial charge is 0.399 e. The van der Waals surface area contributed by atoms with Crippen LogP contribution in [0.2, 0.25) is 0 Å². The van der Waals surface area contributed by atoms with Crippen LogP contribution in [0.3, 0.4) is 0 Å². The molecule has 1 aromatic rings. The van der Waals surface area contributed by atoms with Crippen LogP contribution >= 0.6 is 0 Å². The first-order valence-electron chi connectivity index (χ1n) is 6.85. The van der Waals surface area contributed by atoms with Crippen LogP contribution in [-0.2, 0) is 6.54 Å². The van der Waals surface area contributed by atoms with Gasteiger partial charge in [-0.1, -0.05) is 12.1 Å². The van der Waals surface area contributed by atoms with Gasteiger partial charge in [0, 0.05) is 25.3 Å². The molecular formula is C15H25N3. The Bertz CT molecular complexity index is 376. The van der Waals surface area contributed by atoms with E-state index in [0.29, 0.717) is 0 Å². The van der Waals surface area contributed by atoms with Crippen molar-refractivity contribution >= 4 is 5.69 Å². The summed E-state index contributed by atoms with van der Waals surface area (Å²) >= 11 is 0. The molecule has 3 heteroatoms. The minimum absolute atomic E-state index is 0.815. The van der Waals surface area contributed by atoms with Crippen LogP contribution in [0.15, 0.2) is 24.3 Å². The second-order valence-electron chi connectivity index (χ2n) is 5.75. The predicted molar refractivity (Wildman–Crippen MR) is 77.4 cm³/mol. The van der Waals surface area contributed by atoms with E-state index < -0.39 is 0 Å². The third-order valence-electron chi connectivity index (χ3n) is 3.58. The topological polar surface area (TPSA) is 32.5 Å². The maximum absolute atomic E-state index is 5.83. The highest BCUT2D eigenvalue weighted by Gasteiger charge is 2.20. The molecule has 0 saturated carbocycles. The quantitative estimate of drug-likeness (QED) is 0.827. The molecule has 1 aliphatic heterocycles. The highest BCUT2D eigenvalue weighted by molar-refractivity contribution is 5.40. The molecule has 1 atom stereocenters. The lowest BCUT2D eigenvalue weighted by Crippen LogP contribution is -2.38. The predicted octanol–water partition coefficient (Wildman–Crippen LogP) is 2.04. The summed E-state index contributed by atoms with van der Waals surface area (Å²) in [5.74, 6) is 0.815. The first-order chi connectivity index (χ1) is 8.63. The van der Waals surface area contributed by atoms with Gasteiger partial charge in [0.1, 0.15) is 0 Å². The van der Waals surface area contributed by atoms with Gasteiger partial charge in [-0.05, 0) is 57.1 Å². The van der Waals surface area contributed by atoms with Crippen LogP contribution in [0.4, 0.5) is 5.69 Å². The molecule has 0 aromatic heterocycles. The summed E-state index contributed by atoms with van der Waals surface area (Å²) in [6.07, 6.45) is 2.69. The molecule has 3 nitrogen and oxygen atoms in total. The van der Waals surface area contributed by atoms with Crippen LogP contribution in [0, 0.1) is 5.92 Å². The first-order valence-corrected chi connectivity index (χ1v) is 6.85. The zero-order valence-corrected chi connectivity index (χ0v) is 11.6. The summed E-state index contributed by atoms with van der Waals surface area (Å²) in [5, 5.41) is 0. The van der Waals surface area contributed by atoms with E-state index in [1.165, 1.54) is 38.0 Å². The average molecular weight is 247 g/mol. The fourth-order valence-corrected chi connectivity index (χ4v) is 2.91. The minimum atomic E-state index is 0.815. The van der Waals surface area contributed by atoms with Gasteiger partial charge in [0.2, 0.25) is 0 Å². The molecule has 1 heterocycles. The lowest BCUT2D eigenvalue weighted by Gasteiger charge is -2.34. The number of anilines is 1. The van der Waals surface area contributed by atoms with E-state index in [2.05, 4.69) is 36.0 Å². The highest BCUT2D eigenvalue weighted by Crippen LogP contribution is 2.19. The normalized spacial score (nSPS) is 21.4. The second kappa shape index (κ2) is 6.21. The van der Waals surface area contributed by atoms with Crippen molar-refractivity contribution in [1.29, 1.82) is 0 Å². The Balaban J connectivity index is 1.89. The van der Waals surface area contributed by atoms with Gasteiger partial charge in [0.05, 0.1) is 0 Å². The van der Waals surface area contributed by atoms with Crippen LogP contribution in [0.1, 0.15) is 18.4 Å². The van der Waals surface area contributed by atoms with Crippen LogP contribution in [-0.4, -0.2) is 43.5 Å². The molecule has 0 aliphatic carbocycles. The number of nitrogen functional groups attached to an aromatic ring is 1. The molecule has 0 spiro atoms. The van der Waals surface area contributed by atoms with E-state index >= 15 is 0 Å². The molecular weight excluding hydrogens is 222 g/mol. The molecule has 1 fully saturated rings. The Morgan fingerprint density at radius 3 is 2.94 bits per heavy atom. The summed E-state index contributed by atoms with van der Waals surface area (Å²) < 4.78 is 0. The summed E-state index contributed by atoms with van der Waals surface area (Å²) in [6, 6.07) is 8.27. The number of nitrogens with two attached hydrogens (primary N) is 1. The minimum Gasteiger partial charge on any atom is -0.399 e. The molecule has 0 radical (unpaired) electrons. The SMILES string of the molecule is CN(C)CC1CCCN(Cc2cccc(N)c2)C1. The molecule has 0 bridgehead atoms. The maximum Gasteiger partial charge on any atom is 0.0317 e. The zero-order valence-electron chi connectivity index (χ0n) is 11.6. The number of benzene rings is 1. The van der Waals surface area contributed by atoms with Crippen molar-refractivity contribution in [2.45, 2.75) is 19.4 Å². The van der Waals surface area contributed by atoms with E-state index in [-0.39, 0.29) is 0 Å². The molecule has 2 rings (SSSR count). The fraction of sp³-hybridized carbons (Fsp3) is 0.600. The van der Waals surface area contributed by atoms with Gasteiger partial charge in [-0.2, -0.15) is 0 Å². The van der Waals surface area contributed by atoms with Crippen molar-refractivity contribution in [1.82, 2.24) is 9.80 Å². The third-order valence-corrected chi connectivity index (χ3v) is 3.58. The summed E-state index contributed by atoms with van der Waals surface area (Å²) in [7, 11) is 4.33. The molecule has 0 amide bonds. The van der Waals surface area contributed by atoms with E-state index in [1.54, 1.807) is 0 Å². The fourth-order valence-electron chi connectivity index (χ4n) is 2.91. The molecule has 100 valence electrons. The van der Waals surface area contributed by atoms with E-state index in [1.807, 2.05) is 12.1 Å². The number of likely N-dealkylation sites (tertiary alicyclic amines) is 1. The molecule has 1 saturated heterocycles. The van der Waals surface area contributed by atoms with Gasteiger partial charge < -0.3 is 10.6 Å². The molecule has 18 heavy (non-hydrogen) atoms. The van der Waals surface area contributed by atoms with Crippen molar-refractivity contribution in [3.05, 3.63) is 29.8 Å². The van der Waals surface area contributed by atoms with Gasteiger partial charge in [-0.15, -0.1) is 0 Å². The number of rotatable bonds is 4. The first kappa shape index (κ1) is 13.4. The smallest absolute Gasteiger partial charge is 0.0317 e. The van der Waals surface area contributed by atoms with Crippen LogP contribution in [0.5, 0.6) is 0 Å². The lowest BCUT2D eigenvalue weighted by atomic mass is 9.97. The summed E-state index contributed by atoms with van der Waals surface area (Å²) in [6.45, 7) is 4.67. The number of nitrogens with zero attached hydrogens (tertiary/aromatic N) is 2. The van der Waals surface area contributed by atoms with Crippen LogP contribution in [0.25, 0.3) is 0 Å². The average Bonchev–Trinajstić information content (AvgIpc) is 2.28. The molecule has 1 unspecified atom stereocenters. The Morgan fingerprint density at radius 2 is 2.22 bits per heavy atom. The molecule has 1 aliphatic rings. The maximum atomic E-state index is 5.83. The van der Waals surface area contributed by atoms with Crippen molar-refractivity contribution in [3.63, 3.8) is 0 Å². The van der Waals surface area contributed by atoms with E-state index in [4.69, 9.17) is 5.73 Å². The Labute approximate surface area is 111 Å². The molecule has 1 aromatic carbocycles. The monoisotopic (exact) mass is 247 g/mol. The second-order valence-corrected chi connectivity index (χ2v) is 5.75. The van der Waals surface area contributed by atoms with Crippen molar-refractivity contribution < 1.29 is 0 Å². The van der Waals surface area contributed by atoms with E-state index in [0.717, 1.165) is 18.2 Å². The summed E-state index contributed by atoms with van der Waals surface area (Å²) in [4.78, 5) is 4.86.